The fraction of sp³-hybridized carbons (Fsp3) is 0.750. The van der Waals surface area contributed by atoms with Gasteiger partial charge in [-0.15, -0.1) is 0 Å². The molecule has 1 spiro atoms. The number of fused-ring (bicyclic) bond motifs is 2. The van der Waals surface area contributed by atoms with Gasteiger partial charge in [-0.2, -0.15) is 0 Å². The van der Waals surface area contributed by atoms with E-state index in [0.717, 1.165) is 5.57 Å². The largest absolute Gasteiger partial charge is 0.459 e. The van der Waals surface area contributed by atoms with E-state index in [2.05, 4.69) is 19.1 Å². The molecule has 0 unspecified atom stereocenters. The van der Waals surface area contributed by atoms with E-state index in [4.69, 9.17) is 14.2 Å². The lowest BCUT2D eigenvalue weighted by molar-refractivity contribution is -0.148. The first-order valence-corrected chi connectivity index (χ1v) is 11.2. The minimum Gasteiger partial charge on any atom is -0.459 e. The summed E-state index contributed by atoms with van der Waals surface area (Å²) in [5, 5.41) is 11.1. The Kier molecular flexibility index (Phi) is 3.42. The van der Waals surface area contributed by atoms with Crippen molar-refractivity contribution >= 4 is 16.8 Å². The molecule has 9 atom stereocenters. The summed E-state index contributed by atoms with van der Waals surface area (Å²) in [6.07, 6.45) is 7.19. The maximum Gasteiger partial charge on any atom is 0.312 e. The SMILES string of the molecule is C[S@](=O)C[C@@](C)(O)[C@H]1OCC=C2[C@]13O[C@H]3[C@H]1OC(=O)[C@]3(C)CC=C[C@]2(C)[C@H]13. The highest BCUT2D eigenvalue weighted by Crippen LogP contribution is 2.71. The van der Waals surface area contributed by atoms with Crippen LogP contribution in [0.2, 0.25) is 0 Å². The van der Waals surface area contributed by atoms with E-state index in [1.807, 2.05) is 13.0 Å². The highest BCUT2D eigenvalue weighted by molar-refractivity contribution is 7.84. The Morgan fingerprint density at radius 2 is 2.15 bits per heavy atom. The molecule has 1 N–H and O–H groups in total. The smallest absolute Gasteiger partial charge is 0.312 e. The van der Waals surface area contributed by atoms with Crippen molar-refractivity contribution in [2.24, 2.45) is 16.7 Å². The number of rotatable bonds is 3. The molecule has 5 aliphatic rings. The first-order valence-electron chi connectivity index (χ1n) is 9.49. The van der Waals surface area contributed by atoms with Crippen molar-refractivity contribution in [2.45, 2.75) is 56.7 Å². The van der Waals surface area contributed by atoms with Crippen LogP contribution in [-0.4, -0.2) is 63.4 Å². The van der Waals surface area contributed by atoms with Crippen molar-refractivity contribution in [1.29, 1.82) is 0 Å². The minimum absolute atomic E-state index is 0.00150. The molecule has 7 heteroatoms. The van der Waals surface area contributed by atoms with Crippen LogP contribution < -0.4 is 0 Å². The van der Waals surface area contributed by atoms with E-state index in [1.54, 1.807) is 13.2 Å². The van der Waals surface area contributed by atoms with Crippen LogP contribution in [0.25, 0.3) is 0 Å². The molecule has 148 valence electrons. The molecule has 5 rings (SSSR count). The lowest BCUT2D eigenvalue weighted by atomic mass is 9.49. The molecule has 6 nitrogen and oxygen atoms in total. The van der Waals surface area contributed by atoms with Crippen molar-refractivity contribution in [3.8, 4) is 0 Å². The van der Waals surface area contributed by atoms with Gasteiger partial charge in [0, 0.05) is 28.4 Å². The first-order chi connectivity index (χ1) is 12.6. The molecule has 3 fully saturated rings. The van der Waals surface area contributed by atoms with Gasteiger partial charge in [0.05, 0.1) is 17.8 Å². The van der Waals surface area contributed by atoms with Crippen LogP contribution in [-0.2, 0) is 29.8 Å². The average molecular weight is 394 g/mol. The molecule has 3 heterocycles. The van der Waals surface area contributed by atoms with Crippen molar-refractivity contribution < 1.29 is 28.3 Å². The lowest BCUT2D eigenvalue weighted by Gasteiger charge is -2.53. The number of carbonyl (C=O) groups is 1. The zero-order valence-corrected chi connectivity index (χ0v) is 16.9. The lowest BCUT2D eigenvalue weighted by Crippen LogP contribution is -2.63. The highest BCUT2D eigenvalue weighted by Gasteiger charge is 2.82. The second-order valence-corrected chi connectivity index (χ2v) is 10.8. The summed E-state index contributed by atoms with van der Waals surface area (Å²) in [5.41, 5.74) is -2.04. The second-order valence-electron chi connectivity index (χ2n) is 9.39. The van der Waals surface area contributed by atoms with Crippen LogP contribution in [0.1, 0.15) is 27.2 Å². The predicted octanol–water partition coefficient (Wildman–Crippen LogP) is 1.11. The monoisotopic (exact) mass is 394 g/mol. The van der Waals surface area contributed by atoms with Crippen LogP contribution in [0.5, 0.6) is 0 Å². The zero-order valence-electron chi connectivity index (χ0n) is 16.1. The number of hydrogen-bond donors (Lipinski definition) is 1. The normalized spacial score (nSPS) is 52.6. The standard InChI is InChI=1S/C20H26O6S/c1-17-7-5-8-18(2)13(17)12(25-16(18)21)14-20(26-14)11(17)6-9-24-15(20)19(3,22)10-27(4)23/h5-7,12-15,22H,8-10H2,1-4H3/t12-,13-,14-,15+,17-,18+,19+,20+,27-/m0/s1. The minimum atomic E-state index is -1.32. The molecule has 2 aliphatic carbocycles. The molecule has 0 bridgehead atoms. The third kappa shape index (κ3) is 2.01. The van der Waals surface area contributed by atoms with Crippen LogP contribution in [0.4, 0.5) is 0 Å². The van der Waals surface area contributed by atoms with E-state index in [9.17, 15) is 14.1 Å². The summed E-state index contributed by atoms with van der Waals surface area (Å²) in [4.78, 5) is 12.8. The Hall–Kier alpha value is -1.02. The molecule has 0 aromatic heterocycles. The molecule has 0 aromatic rings. The van der Waals surface area contributed by atoms with Gasteiger partial charge in [-0.1, -0.05) is 25.2 Å². The number of hydrogen-bond acceptors (Lipinski definition) is 6. The van der Waals surface area contributed by atoms with E-state index in [-0.39, 0.29) is 29.8 Å². The predicted molar refractivity (Wildman–Crippen MR) is 98.3 cm³/mol. The van der Waals surface area contributed by atoms with E-state index < -0.39 is 38.9 Å². The van der Waals surface area contributed by atoms with Gasteiger partial charge in [0.15, 0.2) is 0 Å². The Bertz CT molecular complexity index is 817. The maximum absolute atomic E-state index is 12.8. The van der Waals surface area contributed by atoms with Crippen molar-refractivity contribution in [3.63, 3.8) is 0 Å². The van der Waals surface area contributed by atoms with Crippen LogP contribution in [0.3, 0.4) is 0 Å². The molecule has 2 saturated heterocycles. The summed E-state index contributed by atoms with van der Waals surface area (Å²) in [6, 6.07) is 0. The fourth-order valence-electron chi connectivity index (χ4n) is 6.51. The average Bonchev–Trinajstić information content (AvgIpc) is 3.20. The number of aliphatic hydroxyl groups is 1. The van der Waals surface area contributed by atoms with Gasteiger partial charge in [-0.3, -0.25) is 9.00 Å². The molecule has 3 aliphatic heterocycles. The van der Waals surface area contributed by atoms with Crippen LogP contribution in [0, 0.1) is 16.7 Å². The van der Waals surface area contributed by atoms with Gasteiger partial charge in [0.1, 0.15) is 29.5 Å². The van der Waals surface area contributed by atoms with Crippen molar-refractivity contribution in [1.82, 2.24) is 0 Å². The molecule has 0 aromatic carbocycles. The van der Waals surface area contributed by atoms with E-state index >= 15 is 0 Å². The topological polar surface area (TPSA) is 85.4 Å². The number of allylic oxidation sites excluding steroid dienone is 2. The molecule has 1 saturated carbocycles. The van der Waals surface area contributed by atoms with Gasteiger partial charge >= 0.3 is 5.97 Å². The zero-order chi connectivity index (χ0) is 19.4. The molecule has 27 heavy (non-hydrogen) atoms. The number of esters is 1. The van der Waals surface area contributed by atoms with Crippen molar-refractivity contribution in [2.75, 3.05) is 18.6 Å². The van der Waals surface area contributed by atoms with E-state index in [1.165, 1.54) is 0 Å². The third-order valence-electron chi connectivity index (χ3n) is 7.36. The third-order valence-corrected chi connectivity index (χ3v) is 8.35. The summed E-state index contributed by atoms with van der Waals surface area (Å²) in [5.74, 6) is -0.0729. The summed E-state index contributed by atoms with van der Waals surface area (Å²) < 4.78 is 30.0. The van der Waals surface area contributed by atoms with E-state index in [0.29, 0.717) is 13.0 Å². The van der Waals surface area contributed by atoms with Gasteiger partial charge < -0.3 is 19.3 Å². The fourth-order valence-corrected chi connectivity index (χ4v) is 7.49. The van der Waals surface area contributed by atoms with Crippen molar-refractivity contribution in [3.05, 3.63) is 23.8 Å². The molecule has 0 radical (unpaired) electrons. The Morgan fingerprint density at radius 1 is 1.41 bits per heavy atom. The maximum atomic E-state index is 12.8. The summed E-state index contributed by atoms with van der Waals surface area (Å²) in [7, 11) is -1.19. The number of carbonyl (C=O) groups excluding carboxylic acids is 1. The molecular weight excluding hydrogens is 368 g/mol. The summed E-state index contributed by atoms with van der Waals surface area (Å²) >= 11 is 0. The first kappa shape index (κ1) is 18.0. The van der Waals surface area contributed by atoms with Crippen LogP contribution >= 0.6 is 0 Å². The van der Waals surface area contributed by atoms with Gasteiger partial charge in [0.25, 0.3) is 0 Å². The highest BCUT2D eigenvalue weighted by atomic mass is 32.2. The molecular formula is C20H26O6S. The Labute approximate surface area is 161 Å². The van der Waals surface area contributed by atoms with Crippen LogP contribution in [0.15, 0.2) is 23.8 Å². The molecule has 0 amide bonds. The van der Waals surface area contributed by atoms with Gasteiger partial charge in [0.2, 0.25) is 0 Å². The number of epoxide rings is 1. The van der Waals surface area contributed by atoms with Gasteiger partial charge in [-0.25, -0.2) is 0 Å². The second kappa shape index (κ2) is 5.12. The Morgan fingerprint density at radius 3 is 2.85 bits per heavy atom. The van der Waals surface area contributed by atoms with Gasteiger partial charge in [-0.05, 0) is 25.8 Å². The quantitative estimate of drug-likeness (QED) is 0.438. The Balaban J connectivity index is 1.64. The summed E-state index contributed by atoms with van der Waals surface area (Å²) in [6.45, 7) is 6.15. The number of ether oxygens (including phenoxy) is 3.